The molecule has 1 atom stereocenters. The fraction of sp³-hybridized carbons (Fsp3) is 0.105. The van der Waals surface area contributed by atoms with Gasteiger partial charge in [-0.2, -0.15) is 0 Å². The third-order valence-corrected chi connectivity index (χ3v) is 5.46. The summed E-state index contributed by atoms with van der Waals surface area (Å²) in [7, 11) is 0. The number of halogens is 1. The first-order valence-electron chi connectivity index (χ1n) is 7.44. The summed E-state index contributed by atoms with van der Waals surface area (Å²) in [6.45, 7) is 0. The maximum atomic E-state index is 12.2. The first-order valence-corrected chi connectivity index (χ1v) is 8.70. The first-order chi connectivity index (χ1) is 11.2. The lowest BCUT2D eigenvalue weighted by atomic mass is 9.89. The number of carbonyl (C=O) groups is 1. The number of carbonyl (C=O) groups excluding carboxylic acids is 1. The summed E-state index contributed by atoms with van der Waals surface area (Å²) >= 11 is 7.83. The summed E-state index contributed by atoms with van der Waals surface area (Å²) in [5.74, 6) is 0.123. The van der Waals surface area contributed by atoms with Gasteiger partial charge in [-0.3, -0.25) is 4.79 Å². The van der Waals surface area contributed by atoms with Crippen molar-refractivity contribution in [1.29, 1.82) is 0 Å². The van der Waals surface area contributed by atoms with Gasteiger partial charge in [0.1, 0.15) is 0 Å². The van der Waals surface area contributed by atoms with Gasteiger partial charge in [-0.25, -0.2) is 0 Å². The monoisotopic (exact) mass is 339 g/mol. The zero-order valence-electron chi connectivity index (χ0n) is 12.3. The topological polar surface area (TPSA) is 29.1 Å². The van der Waals surface area contributed by atoms with Crippen molar-refractivity contribution < 1.29 is 4.79 Å². The molecule has 1 N–H and O–H groups in total. The van der Waals surface area contributed by atoms with Crippen LogP contribution in [0.15, 0.2) is 60.0 Å². The maximum absolute atomic E-state index is 12.2. The lowest BCUT2D eigenvalue weighted by Gasteiger charge is -2.24. The number of nitrogens with one attached hydrogen (secondary N) is 1. The third-order valence-electron chi connectivity index (χ3n) is 4.13. The van der Waals surface area contributed by atoms with Crippen molar-refractivity contribution in [2.24, 2.45) is 0 Å². The molecule has 4 rings (SSSR count). The van der Waals surface area contributed by atoms with Crippen LogP contribution in [-0.2, 0) is 4.79 Å². The summed E-state index contributed by atoms with van der Waals surface area (Å²) in [6.07, 6.45) is 0.460. The molecule has 1 aliphatic heterocycles. The second kappa shape index (κ2) is 5.84. The van der Waals surface area contributed by atoms with Crippen LogP contribution < -0.4 is 5.32 Å². The van der Waals surface area contributed by atoms with E-state index in [9.17, 15) is 4.79 Å². The molecule has 0 unspecified atom stereocenters. The molecule has 1 amide bonds. The van der Waals surface area contributed by atoms with Gasteiger partial charge in [0.2, 0.25) is 5.91 Å². The minimum Gasteiger partial charge on any atom is -0.325 e. The molecule has 3 aromatic rings. The average Bonchev–Trinajstić information content (AvgIpc) is 2.98. The number of benzene rings is 2. The van der Waals surface area contributed by atoms with Crippen molar-refractivity contribution in [2.75, 3.05) is 5.32 Å². The molecule has 0 radical (unpaired) electrons. The lowest BCUT2D eigenvalue weighted by Crippen LogP contribution is -2.22. The van der Waals surface area contributed by atoms with Gasteiger partial charge in [0.05, 0.1) is 5.69 Å². The molecule has 23 heavy (non-hydrogen) atoms. The van der Waals surface area contributed by atoms with Gasteiger partial charge in [-0.05, 0) is 23.3 Å². The Morgan fingerprint density at radius 2 is 1.91 bits per heavy atom. The number of amides is 1. The predicted octanol–water partition coefficient (Wildman–Crippen LogP) is 5.54. The van der Waals surface area contributed by atoms with Crippen LogP contribution in [0.4, 0.5) is 5.69 Å². The lowest BCUT2D eigenvalue weighted by molar-refractivity contribution is -0.116. The van der Waals surface area contributed by atoms with Gasteiger partial charge in [0, 0.05) is 33.2 Å². The van der Waals surface area contributed by atoms with Crippen LogP contribution in [0.2, 0.25) is 5.02 Å². The van der Waals surface area contributed by atoms with Crippen LogP contribution in [0.5, 0.6) is 0 Å². The molecule has 1 aromatic heterocycles. The van der Waals surface area contributed by atoms with Gasteiger partial charge < -0.3 is 5.32 Å². The van der Waals surface area contributed by atoms with Crippen molar-refractivity contribution in [2.45, 2.75) is 12.3 Å². The van der Waals surface area contributed by atoms with Crippen LogP contribution in [0.25, 0.3) is 11.1 Å². The highest BCUT2D eigenvalue weighted by Crippen LogP contribution is 2.46. The van der Waals surface area contributed by atoms with Crippen molar-refractivity contribution in [3.63, 3.8) is 0 Å². The van der Waals surface area contributed by atoms with E-state index < -0.39 is 0 Å². The largest absolute Gasteiger partial charge is 0.325 e. The van der Waals surface area contributed by atoms with Crippen LogP contribution in [0.1, 0.15) is 22.8 Å². The number of thiophene rings is 1. The third kappa shape index (κ3) is 2.67. The fourth-order valence-electron chi connectivity index (χ4n) is 3.05. The highest BCUT2D eigenvalue weighted by atomic mass is 35.5. The van der Waals surface area contributed by atoms with E-state index in [1.54, 1.807) is 11.3 Å². The summed E-state index contributed by atoms with van der Waals surface area (Å²) in [5, 5.41) is 5.89. The molecule has 2 aromatic carbocycles. The highest BCUT2D eigenvalue weighted by molar-refractivity contribution is 7.11. The Bertz CT molecular complexity index is 872. The number of hydrogen-bond acceptors (Lipinski definition) is 2. The molecular weight excluding hydrogens is 326 g/mol. The number of hydrogen-bond donors (Lipinski definition) is 1. The Hall–Kier alpha value is -2.10. The fourth-order valence-corrected chi connectivity index (χ4v) is 4.41. The minimum absolute atomic E-state index is 0.0538. The van der Waals surface area contributed by atoms with E-state index in [2.05, 4.69) is 22.8 Å². The number of rotatable bonds is 2. The average molecular weight is 340 g/mol. The molecule has 2 heterocycles. The Balaban J connectivity index is 1.83. The molecular formula is C19H14ClNOS. The summed E-state index contributed by atoms with van der Waals surface area (Å²) in [5.41, 5.74) is 4.25. The Morgan fingerprint density at radius 3 is 2.70 bits per heavy atom. The summed E-state index contributed by atoms with van der Waals surface area (Å²) in [4.78, 5) is 13.4. The second-order valence-electron chi connectivity index (χ2n) is 5.61. The number of anilines is 1. The minimum atomic E-state index is 0.0538. The summed E-state index contributed by atoms with van der Waals surface area (Å²) in [6, 6.07) is 18.0. The molecule has 114 valence electrons. The van der Waals surface area contributed by atoms with Crippen LogP contribution in [0, 0.1) is 0 Å². The summed E-state index contributed by atoms with van der Waals surface area (Å²) < 4.78 is 0. The molecule has 0 saturated carbocycles. The molecule has 2 nitrogen and oxygen atoms in total. The molecule has 4 heteroatoms. The van der Waals surface area contributed by atoms with Gasteiger partial charge in [-0.15, -0.1) is 11.3 Å². The van der Waals surface area contributed by atoms with Crippen molar-refractivity contribution in [3.8, 4) is 11.1 Å². The Kier molecular flexibility index (Phi) is 3.68. The SMILES string of the molecule is O=C1C[C@@H](c2cccc(Cl)c2)c2scc(-c3ccccc3)c2N1. The Labute approximate surface area is 143 Å². The molecule has 0 aliphatic carbocycles. The molecule has 0 saturated heterocycles. The Morgan fingerprint density at radius 1 is 1.09 bits per heavy atom. The van der Waals surface area contributed by atoms with Crippen LogP contribution in [0.3, 0.4) is 0 Å². The van der Waals surface area contributed by atoms with Crippen molar-refractivity contribution in [1.82, 2.24) is 0 Å². The number of fused-ring (bicyclic) bond motifs is 1. The van der Waals surface area contributed by atoms with Gasteiger partial charge in [0.25, 0.3) is 0 Å². The van der Waals surface area contributed by atoms with E-state index in [-0.39, 0.29) is 11.8 Å². The predicted molar refractivity (Wildman–Crippen MR) is 96.3 cm³/mol. The van der Waals surface area contributed by atoms with Crippen LogP contribution >= 0.6 is 22.9 Å². The van der Waals surface area contributed by atoms with Gasteiger partial charge in [0.15, 0.2) is 0 Å². The van der Waals surface area contributed by atoms with Crippen molar-refractivity contribution in [3.05, 3.63) is 75.4 Å². The molecule has 0 fully saturated rings. The molecule has 0 bridgehead atoms. The zero-order chi connectivity index (χ0) is 15.8. The van der Waals surface area contributed by atoms with E-state index in [1.807, 2.05) is 42.5 Å². The first kappa shape index (κ1) is 14.5. The smallest absolute Gasteiger partial charge is 0.225 e. The van der Waals surface area contributed by atoms with E-state index in [0.29, 0.717) is 11.4 Å². The van der Waals surface area contributed by atoms with E-state index >= 15 is 0 Å². The van der Waals surface area contributed by atoms with E-state index in [0.717, 1.165) is 22.4 Å². The zero-order valence-corrected chi connectivity index (χ0v) is 13.8. The van der Waals surface area contributed by atoms with Gasteiger partial charge in [-0.1, -0.05) is 54.1 Å². The molecule has 1 aliphatic rings. The highest BCUT2D eigenvalue weighted by Gasteiger charge is 2.30. The van der Waals surface area contributed by atoms with Gasteiger partial charge >= 0.3 is 0 Å². The van der Waals surface area contributed by atoms with Crippen molar-refractivity contribution >= 4 is 34.5 Å². The molecule has 0 spiro atoms. The normalized spacial score (nSPS) is 16.7. The standard InChI is InChI=1S/C19H14ClNOS/c20-14-8-4-7-13(9-14)15-10-17(22)21-18-16(11-23-19(15)18)12-5-2-1-3-6-12/h1-9,11,15H,10H2,(H,21,22)/t15-/m0/s1. The van der Waals surface area contributed by atoms with E-state index in [1.165, 1.54) is 4.88 Å². The quantitative estimate of drug-likeness (QED) is 0.652. The van der Waals surface area contributed by atoms with Crippen LogP contribution in [-0.4, -0.2) is 5.91 Å². The maximum Gasteiger partial charge on any atom is 0.225 e. The second-order valence-corrected chi connectivity index (χ2v) is 6.96. The van der Waals surface area contributed by atoms with E-state index in [4.69, 9.17) is 11.6 Å².